The molecule has 2 aliphatic heterocycles. The van der Waals surface area contributed by atoms with Crippen LogP contribution in [0.25, 0.3) is 0 Å². The van der Waals surface area contributed by atoms with E-state index in [1.54, 1.807) is 0 Å². The highest BCUT2D eigenvalue weighted by Crippen LogP contribution is 2.42. The van der Waals surface area contributed by atoms with E-state index in [4.69, 9.17) is 14.2 Å². The Labute approximate surface area is 138 Å². The average molecular weight is 319 g/mol. The van der Waals surface area contributed by atoms with Crippen molar-refractivity contribution in [3.05, 3.63) is 11.7 Å². The Bertz CT molecular complexity index is 496. The molecule has 1 N–H and O–H groups in total. The monoisotopic (exact) mass is 319 g/mol. The maximum Gasteiger partial charge on any atom is 0.244 e. The zero-order valence-electron chi connectivity index (χ0n) is 14.0. The van der Waals surface area contributed by atoms with E-state index in [1.165, 1.54) is 44.9 Å². The maximum atomic E-state index is 5.64. The van der Waals surface area contributed by atoms with Crippen molar-refractivity contribution in [2.75, 3.05) is 19.8 Å². The number of piperidine rings is 1. The third kappa shape index (κ3) is 3.61. The number of hydrogen-bond donors (Lipinski definition) is 1. The van der Waals surface area contributed by atoms with Crippen LogP contribution in [-0.4, -0.2) is 29.9 Å². The average Bonchev–Trinajstić information content (AvgIpc) is 3.09. The van der Waals surface area contributed by atoms with Crippen LogP contribution in [0.2, 0.25) is 0 Å². The van der Waals surface area contributed by atoms with Gasteiger partial charge in [-0.15, -0.1) is 0 Å². The first kappa shape index (κ1) is 15.6. The summed E-state index contributed by atoms with van der Waals surface area (Å²) in [4.78, 5) is 4.74. The second-order valence-corrected chi connectivity index (χ2v) is 7.57. The maximum absolute atomic E-state index is 5.64. The number of aromatic nitrogens is 2. The summed E-state index contributed by atoms with van der Waals surface area (Å²) < 4.78 is 11.1. The van der Waals surface area contributed by atoms with Crippen molar-refractivity contribution in [1.82, 2.24) is 15.5 Å². The van der Waals surface area contributed by atoms with E-state index in [9.17, 15) is 0 Å². The molecule has 0 aromatic carbocycles. The van der Waals surface area contributed by atoms with Crippen molar-refractivity contribution in [2.24, 2.45) is 17.8 Å². The third-order valence-electron chi connectivity index (χ3n) is 6.14. The third-order valence-corrected chi connectivity index (χ3v) is 6.14. The molecular formula is C18H29N3O2. The molecule has 3 atom stereocenters. The summed E-state index contributed by atoms with van der Waals surface area (Å²) >= 11 is 0. The normalized spacial score (nSPS) is 32.6. The molecule has 23 heavy (non-hydrogen) atoms. The lowest BCUT2D eigenvalue weighted by Crippen LogP contribution is -2.41. The molecule has 1 aromatic heterocycles. The standard InChI is InChI=1S/C18H29N3O2/c1-2-4-15-14(3-1)7-10-19-17(15)18-20-16(21-23-18)6-5-13-8-11-22-12-9-13/h13-15,17,19H,1-12H2. The predicted molar refractivity (Wildman–Crippen MR) is 87.0 cm³/mol. The van der Waals surface area contributed by atoms with Gasteiger partial charge in [-0.25, -0.2) is 0 Å². The number of fused-ring (bicyclic) bond motifs is 1. The van der Waals surface area contributed by atoms with Gasteiger partial charge in [0, 0.05) is 19.6 Å². The highest BCUT2D eigenvalue weighted by atomic mass is 16.5. The van der Waals surface area contributed by atoms with Crippen LogP contribution in [0.1, 0.15) is 69.1 Å². The number of nitrogens with zero attached hydrogens (tertiary/aromatic N) is 2. The highest BCUT2D eigenvalue weighted by Gasteiger charge is 2.38. The summed E-state index contributed by atoms with van der Waals surface area (Å²) in [6, 6.07) is 0.290. The fourth-order valence-corrected chi connectivity index (χ4v) is 4.74. The molecule has 5 nitrogen and oxygen atoms in total. The van der Waals surface area contributed by atoms with Gasteiger partial charge < -0.3 is 14.6 Å². The van der Waals surface area contributed by atoms with Crippen molar-refractivity contribution in [2.45, 2.75) is 63.8 Å². The van der Waals surface area contributed by atoms with Gasteiger partial charge in [0.25, 0.3) is 0 Å². The van der Waals surface area contributed by atoms with Gasteiger partial charge in [-0.2, -0.15) is 4.98 Å². The zero-order valence-corrected chi connectivity index (χ0v) is 14.0. The van der Waals surface area contributed by atoms with Crippen molar-refractivity contribution in [3.8, 4) is 0 Å². The SMILES string of the molecule is C1CCC2C(C1)CCNC2c1nc(CCC2CCOCC2)no1. The molecule has 0 bridgehead atoms. The molecular weight excluding hydrogens is 290 g/mol. The van der Waals surface area contributed by atoms with Gasteiger partial charge in [0.2, 0.25) is 5.89 Å². The van der Waals surface area contributed by atoms with Crippen LogP contribution in [0.5, 0.6) is 0 Å². The van der Waals surface area contributed by atoms with Crippen molar-refractivity contribution in [1.29, 1.82) is 0 Å². The molecule has 3 heterocycles. The van der Waals surface area contributed by atoms with Crippen molar-refractivity contribution in [3.63, 3.8) is 0 Å². The van der Waals surface area contributed by atoms with Crippen molar-refractivity contribution < 1.29 is 9.26 Å². The van der Waals surface area contributed by atoms with E-state index in [2.05, 4.69) is 10.5 Å². The molecule has 1 saturated carbocycles. The van der Waals surface area contributed by atoms with E-state index < -0.39 is 0 Å². The molecule has 0 amide bonds. The second kappa shape index (κ2) is 7.31. The second-order valence-electron chi connectivity index (χ2n) is 7.57. The van der Waals surface area contributed by atoms with E-state index in [0.29, 0.717) is 12.0 Å². The molecule has 5 heteroatoms. The van der Waals surface area contributed by atoms with E-state index >= 15 is 0 Å². The van der Waals surface area contributed by atoms with Gasteiger partial charge in [-0.05, 0) is 56.4 Å². The van der Waals surface area contributed by atoms with Gasteiger partial charge in [0.1, 0.15) is 0 Å². The summed E-state index contributed by atoms with van der Waals surface area (Å²) in [6.45, 7) is 2.92. The molecule has 3 fully saturated rings. The smallest absolute Gasteiger partial charge is 0.244 e. The molecule has 4 rings (SSSR count). The first-order valence-corrected chi connectivity index (χ1v) is 9.54. The summed E-state index contributed by atoms with van der Waals surface area (Å²) in [5.74, 6) is 4.05. The van der Waals surface area contributed by atoms with E-state index in [0.717, 1.165) is 56.2 Å². The molecule has 1 aromatic rings. The molecule has 0 spiro atoms. The first-order valence-electron chi connectivity index (χ1n) is 9.54. The summed E-state index contributed by atoms with van der Waals surface area (Å²) in [6.07, 6.45) is 11.2. The number of nitrogens with one attached hydrogen (secondary N) is 1. The van der Waals surface area contributed by atoms with Gasteiger partial charge in [-0.3, -0.25) is 0 Å². The Morgan fingerprint density at radius 1 is 1.04 bits per heavy atom. The topological polar surface area (TPSA) is 60.2 Å². The Morgan fingerprint density at radius 2 is 1.91 bits per heavy atom. The summed E-state index contributed by atoms with van der Waals surface area (Å²) in [5.41, 5.74) is 0. The molecule has 2 saturated heterocycles. The molecule has 1 aliphatic carbocycles. The first-order chi connectivity index (χ1) is 11.4. The fourth-order valence-electron chi connectivity index (χ4n) is 4.74. The number of aryl methyl sites for hydroxylation is 1. The Balaban J connectivity index is 1.36. The fraction of sp³-hybridized carbons (Fsp3) is 0.889. The molecule has 3 unspecified atom stereocenters. The minimum atomic E-state index is 0.290. The van der Waals surface area contributed by atoms with E-state index in [1.807, 2.05) is 0 Å². The Morgan fingerprint density at radius 3 is 2.83 bits per heavy atom. The summed E-state index contributed by atoms with van der Waals surface area (Å²) in [5, 5.41) is 7.90. The van der Waals surface area contributed by atoms with E-state index in [-0.39, 0.29) is 0 Å². The van der Waals surface area contributed by atoms with Crippen LogP contribution < -0.4 is 5.32 Å². The predicted octanol–water partition coefficient (Wildman–Crippen LogP) is 3.27. The Kier molecular flexibility index (Phi) is 4.95. The van der Waals surface area contributed by atoms with Gasteiger partial charge in [0.15, 0.2) is 5.82 Å². The van der Waals surface area contributed by atoms with Crippen LogP contribution in [-0.2, 0) is 11.2 Å². The largest absolute Gasteiger partial charge is 0.381 e. The lowest BCUT2D eigenvalue weighted by molar-refractivity contribution is 0.0638. The lowest BCUT2D eigenvalue weighted by Gasteiger charge is -2.40. The van der Waals surface area contributed by atoms with Crippen LogP contribution in [0, 0.1) is 17.8 Å². The lowest BCUT2D eigenvalue weighted by atomic mass is 9.71. The zero-order chi connectivity index (χ0) is 15.5. The molecule has 128 valence electrons. The van der Waals surface area contributed by atoms with Gasteiger partial charge in [0.05, 0.1) is 6.04 Å². The number of rotatable bonds is 4. The van der Waals surface area contributed by atoms with Crippen LogP contribution >= 0.6 is 0 Å². The van der Waals surface area contributed by atoms with Crippen LogP contribution in [0.4, 0.5) is 0 Å². The quantitative estimate of drug-likeness (QED) is 0.923. The molecule has 0 radical (unpaired) electrons. The number of ether oxygens (including phenoxy) is 1. The minimum Gasteiger partial charge on any atom is -0.381 e. The van der Waals surface area contributed by atoms with Crippen molar-refractivity contribution >= 4 is 0 Å². The van der Waals surface area contributed by atoms with Crippen LogP contribution in [0.15, 0.2) is 4.52 Å². The number of hydrogen-bond acceptors (Lipinski definition) is 5. The Hall–Kier alpha value is -0.940. The minimum absolute atomic E-state index is 0.290. The van der Waals surface area contributed by atoms with Gasteiger partial charge in [-0.1, -0.05) is 24.4 Å². The van der Waals surface area contributed by atoms with Gasteiger partial charge >= 0.3 is 0 Å². The highest BCUT2D eigenvalue weighted by molar-refractivity contribution is 5.01. The summed E-state index contributed by atoms with van der Waals surface area (Å²) in [7, 11) is 0. The molecule has 3 aliphatic rings. The van der Waals surface area contributed by atoms with Crippen LogP contribution in [0.3, 0.4) is 0 Å².